The van der Waals surface area contributed by atoms with Crippen LogP contribution in [0.2, 0.25) is 0 Å². The van der Waals surface area contributed by atoms with Crippen LogP contribution in [-0.2, 0) is 4.74 Å². The molecule has 6 aliphatic rings. The highest BCUT2D eigenvalue weighted by atomic mass is 19.1. The third kappa shape index (κ3) is 4.59. The molecule has 1 saturated heterocycles. The van der Waals surface area contributed by atoms with Crippen molar-refractivity contribution in [3.05, 3.63) is 41.2 Å². The number of fused-ring (bicyclic) bond motifs is 7. The molecule has 9 atom stereocenters. The molecule has 1 aliphatic heterocycles. The van der Waals surface area contributed by atoms with Gasteiger partial charge in [-0.15, -0.1) is 0 Å². The van der Waals surface area contributed by atoms with Gasteiger partial charge in [-0.2, -0.15) is 0 Å². The maximum Gasteiger partial charge on any atom is 0.338 e. The minimum Gasteiger partial charge on any atom is -0.478 e. The number of allylic oxidation sites excluding steroid dienone is 2. The molecule has 7 rings (SSSR count). The zero-order valence-electron chi connectivity index (χ0n) is 27.6. The summed E-state index contributed by atoms with van der Waals surface area (Å²) in [6, 6.07) is 4.72. The molecule has 1 aromatic rings. The molecular formula is C38H55FN2O3. The summed E-state index contributed by atoms with van der Waals surface area (Å²) in [5.74, 6) is 1.37. The minimum absolute atomic E-state index is 0.240. The Morgan fingerprint density at radius 3 is 2.55 bits per heavy atom. The van der Waals surface area contributed by atoms with Gasteiger partial charge < -0.3 is 15.2 Å². The molecular weight excluding hydrogens is 551 g/mol. The van der Waals surface area contributed by atoms with Crippen LogP contribution in [-0.4, -0.2) is 60.9 Å². The summed E-state index contributed by atoms with van der Waals surface area (Å²) >= 11 is 0. The van der Waals surface area contributed by atoms with Gasteiger partial charge in [-0.3, -0.25) is 4.90 Å². The summed E-state index contributed by atoms with van der Waals surface area (Å²) < 4.78 is 20.3. The van der Waals surface area contributed by atoms with Crippen LogP contribution in [0.1, 0.15) is 108 Å². The van der Waals surface area contributed by atoms with Crippen LogP contribution >= 0.6 is 0 Å². The van der Waals surface area contributed by atoms with Gasteiger partial charge >= 0.3 is 5.97 Å². The molecule has 1 aromatic carbocycles. The van der Waals surface area contributed by atoms with Crippen LogP contribution in [0.5, 0.6) is 0 Å². The van der Waals surface area contributed by atoms with Crippen molar-refractivity contribution in [3.63, 3.8) is 0 Å². The number of morpholine rings is 1. The molecule has 44 heavy (non-hydrogen) atoms. The van der Waals surface area contributed by atoms with E-state index in [0.29, 0.717) is 34.1 Å². The van der Waals surface area contributed by atoms with Crippen molar-refractivity contribution in [2.24, 2.45) is 45.8 Å². The lowest BCUT2D eigenvalue weighted by Crippen LogP contribution is -2.67. The Morgan fingerprint density at radius 1 is 1.00 bits per heavy atom. The predicted molar refractivity (Wildman–Crippen MR) is 173 cm³/mol. The maximum absolute atomic E-state index is 14.7. The van der Waals surface area contributed by atoms with Gasteiger partial charge in [0, 0.05) is 31.7 Å². The third-order valence-corrected chi connectivity index (χ3v) is 15.1. The van der Waals surface area contributed by atoms with Crippen LogP contribution < -0.4 is 5.32 Å². The van der Waals surface area contributed by atoms with Crippen LogP contribution in [0.4, 0.5) is 4.39 Å². The zero-order chi connectivity index (χ0) is 30.9. The van der Waals surface area contributed by atoms with Crippen molar-refractivity contribution >= 4 is 11.5 Å². The van der Waals surface area contributed by atoms with E-state index in [1.54, 1.807) is 0 Å². The van der Waals surface area contributed by atoms with Crippen molar-refractivity contribution in [3.8, 4) is 0 Å². The molecule has 4 saturated carbocycles. The highest BCUT2D eigenvalue weighted by Gasteiger charge is 2.68. The van der Waals surface area contributed by atoms with Crippen molar-refractivity contribution < 1.29 is 19.0 Å². The van der Waals surface area contributed by atoms with Gasteiger partial charge in [0.15, 0.2) is 0 Å². The Morgan fingerprint density at radius 2 is 1.80 bits per heavy atom. The first-order chi connectivity index (χ1) is 21.0. The Balaban J connectivity index is 1.11. The van der Waals surface area contributed by atoms with Crippen LogP contribution in [0.25, 0.3) is 5.57 Å². The number of carbonyl (C=O) groups is 1. The molecule has 5 aliphatic carbocycles. The Labute approximate surface area is 264 Å². The molecule has 5 nitrogen and oxygen atoms in total. The lowest BCUT2D eigenvalue weighted by molar-refractivity contribution is -0.211. The highest BCUT2D eigenvalue weighted by molar-refractivity contribution is 5.88. The number of ether oxygens (including phenoxy) is 1. The first-order valence-electron chi connectivity index (χ1n) is 17.8. The number of carboxylic acid groups (broad SMARTS) is 1. The van der Waals surface area contributed by atoms with Gasteiger partial charge in [-0.25, -0.2) is 9.18 Å². The molecule has 242 valence electrons. The van der Waals surface area contributed by atoms with Crippen molar-refractivity contribution in [2.75, 3.05) is 39.4 Å². The summed E-state index contributed by atoms with van der Waals surface area (Å²) in [6.45, 7) is 16.5. The SMILES string of the molecule is CC1C(c2ccc(C(=O)O)c(F)c2)=CCC2(C)C1CCC1(C)C2CCC2C3CCCC3(NCCN3CCOCC3)CC[C@]21C. The van der Waals surface area contributed by atoms with Crippen LogP contribution in [0, 0.1) is 51.7 Å². The van der Waals surface area contributed by atoms with E-state index in [0.717, 1.165) is 63.2 Å². The molecule has 0 aromatic heterocycles. The molecule has 0 bridgehead atoms. The monoisotopic (exact) mass is 606 g/mol. The maximum atomic E-state index is 14.7. The fourth-order valence-electron chi connectivity index (χ4n) is 12.7. The molecule has 6 heteroatoms. The molecule has 0 amide bonds. The molecule has 1 heterocycles. The van der Waals surface area contributed by atoms with E-state index in [2.05, 4.69) is 44.0 Å². The smallest absolute Gasteiger partial charge is 0.338 e. The van der Waals surface area contributed by atoms with Gasteiger partial charge in [-0.05, 0) is 127 Å². The average molecular weight is 607 g/mol. The fourth-order valence-corrected chi connectivity index (χ4v) is 12.7. The molecule has 5 fully saturated rings. The van der Waals surface area contributed by atoms with E-state index in [-0.39, 0.29) is 11.0 Å². The molecule has 0 spiro atoms. The van der Waals surface area contributed by atoms with Gasteiger partial charge in [0.05, 0.1) is 18.8 Å². The fraction of sp³-hybridized carbons (Fsp3) is 0.763. The number of halogens is 1. The Bertz CT molecular complexity index is 1310. The summed E-state index contributed by atoms with van der Waals surface area (Å²) in [5, 5.41) is 13.6. The first kappa shape index (κ1) is 30.9. The standard InChI is InChI=1S/C38H55FN2O3/c1-25-27(26-7-8-28(34(42)43)32(39)24-26)11-14-35(2)29(25)12-15-37(4)33(35)10-9-30-31-6-5-13-38(31,17-16-36(30,37)3)40-18-19-41-20-22-44-23-21-41/h7-8,11,24-25,29-31,33,40H,5-6,9-10,12-23H2,1-4H3,(H,42,43)/t25?,29?,30?,31?,33?,35?,36-,37?,38?/m1/s1. The van der Waals surface area contributed by atoms with Gasteiger partial charge in [0.1, 0.15) is 5.82 Å². The molecule has 8 unspecified atom stereocenters. The van der Waals surface area contributed by atoms with Crippen LogP contribution in [0.3, 0.4) is 0 Å². The van der Waals surface area contributed by atoms with Crippen molar-refractivity contribution in [1.29, 1.82) is 0 Å². The number of carboxylic acids is 1. The van der Waals surface area contributed by atoms with Crippen LogP contribution in [0.15, 0.2) is 24.3 Å². The number of hydrogen-bond donors (Lipinski definition) is 2. The normalized spacial score (nSPS) is 43.8. The number of benzene rings is 1. The molecule has 2 N–H and O–H groups in total. The largest absolute Gasteiger partial charge is 0.478 e. The minimum atomic E-state index is -1.20. The number of rotatable bonds is 6. The van der Waals surface area contributed by atoms with Crippen molar-refractivity contribution in [1.82, 2.24) is 10.2 Å². The second kappa shape index (κ2) is 11.2. The number of hydrogen-bond acceptors (Lipinski definition) is 4. The van der Waals surface area contributed by atoms with Gasteiger partial charge in [0.2, 0.25) is 0 Å². The molecule has 0 radical (unpaired) electrons. The summed E-state index contributed by atoms with van der Waals surface area (Å²) in [4.78, 5) is 14.0. The second-order valence-corrected chi connectivity index (χ2v) is 16.4. The summed E-state index contributed by atoms with van der Waals surface area (Å²) in [6.07, 6.45) is 15.5. The topological polar surface area (TPSA) is 61.8 Å². The number of nitrogens with one attached hydrogen (secondary N) is 1. The van der Waals surface area contributed by atoms with E-state index in [9.17, 15) is 14.3 Å². The third-order valence-electron chi connectivity index (χ3n) is 15.1. The first-order valence-corrected chi connectivity index (χ1v) is 17.8. The summed E-state index contributed by atoms with van der Waals surface area (Å²) in [7, 11) is 0. The Hall–Kier alpha value is -1.76. The Kier molecular flexibility index (Phi) is 7.85. The summed E-state index contributed by atoms with van der Waals surface area (Å²) in [5.41, 5.74) is 3.11. The van der Waals surface area contributed by atoms with Gasteiger partial charge in [-0.1, -0.05) is 46.3 Å². The van der Waals surface area contributed by atoms with Crippen molar-refractivity contribution in [2.45, 2.75) is 97.4 Å². The predicted octanol–water partition coefficient (Wildman–Crippen LogP) is 7.66. The van der Waals surface area contributed by atoms with Gasteiger partial charge in [0.25, 0.3) is 0 Å². The zero-order valence-corrected chi connectivity index (χ0v) is 27.6. The van der Waals surface area contributed by atoms with E-state index >= 15 is 0 Å². The number of nitrogens with zero attached hydrogens (tertiary/aromatic N) is 1. The lowest BCUT2D eigenvalue weighted by Gasteiger charge is -2.71. The lowest BCUT2D eigenvalue weighted by atomic mass is 9.34. The average Bonchev–Trinajstić information content (AvgIpc) is 3.42. The van der Waals surface area contributed by atoms with E-state index in [1.807, 2.05) is 6.07 Å². The second-order valence-electron chi connectivity index (χ2n) is 16.4. The van der Waals surface area contributed by atoms with E-state index < -0.39 is 11.8 Å². The number of aromatic carboxylic acids is 1. The highest BCUT2D eigenvalue weighted by Crippen LogP contribution is 2.75. The van der Waals surface area contributed by atoms with E-state index in [4.69, 9.17) is 4.74 Å². The quantitative estimate of drug-likeness (QED) is 0.348. The van der Waals surface area contributed by atoms with E-state index in [1.165, 1.54) is 75.5 Å².